The van der Waals surface area contributed by atoms with Crippen molar-refractivity contribution in [2.45, 2.75) is 38.5 Å². The molecule has 2 amide bonds. The van der Waals surface area contributed by atoms with E-state index in [1.807, 2.05) is 21.9 Å². The highest BCUT2D eigenvalue weighted by molar-refractivity contribution is 5.93. The maximum atomic E-state index is 12.5. The van der Waals surface area contributed by atoms with Gasteiger partial charge in [0, 0.05) is 49.5 Å². The van der Waals surface area contributed by atoms with Gasteiger partial charge in [0.15, 0.2) is 0 Å². The Hall–Kier alpha value is -3.54. The highest BCUT2D eigenvalue weighted by Crippen LogP contribution is 2.30. The van der Waals surface area contributed by atoms with Crippen LogP contribution in [0.4, 0.5) is 0 Å². The summed E-state index contributed by atoms with van der Waals surface area (Å²) < 4.78 is 0. The quantitative estimate of drug-likeness (QED) is 0.627. The third-order valence-electron chi connectivity index (χ3n) is 6.53. The fourth-order valence-corrected chi connectivity index (χ4v) is 4.50. The van der Waals surface area contributed by atoms with E-state index in [9.17, 15) is 19.8 Å². The van der Waals surface area contributed by atoms with Gasteiger partial charge in [0.05, 0.1) is 0 Å². The lowest BCUT2D eigenvalue weighted by molar-refractivity contribution is -0.127. The van der Waals surface area contributed by atoms with Gasteiger partial charge >= 0.3 is 0 Å². The summed E-state index contributed by atoms with van der Waals surface area (Å²) in [6, 6.07) is 10.4. The van der Waals surface area contributed by atoms with Crippen molar-refractivity contribution in [3.63, 3.8) is 0 Å². The molecule has 2 N–H and O–H groups in total. The van der Waals surface area contributed by atoms with Crippen LogP contribution >= 0.6 is 0 Å². The molecule has 2 aliphatic heterocycles. The van der Waals surface area contributed by atoms with Gasteiger partial charge < -0.3 is 20.0 Å². The van der Waals surface area contributed by atoms with E-state index in [0.717, 1.165) is 75.8 Å². The second kappa shape index (κ2) is 11.1. The summed E-state index contributed by atoms with van der Waals surface area (Å²) in [5.74, 6) is 0.106. The number of carbonyl (C=O) groups is 2. The molecule has 2 heterocycles. The minimum Gasteiger partial charge on any atom is -0.507 e. The number of benzene rings is 2. The van der Waals surface area contributed by atoms with Crippen molar-refractivity contribution in [1.29, 1.82) is 0 Å². The Kier molecular flexibility index (Phi) is 7.68. The number of aromatic hydroxyl groups is 2. The minimum absolute atomic E-state index is 0.0417. The van der Waals surface area contributed by atoms with Gasteiger partial charge in [-0.05, 0) is 86.1 Å². The number of hydrogen-bond donors (Lipinski definition) is 2. The van der Waals surface area contributed by atoms with Crippen LogP contribution in [-0.2, 0) is 9.59 Å². The van der Waals surface area contributed by atoms with Crippen LogP contribution in [0.15, 0.2) is 48.6 Å². The fourth-order valence-electron chi connectivity index (χ4n) is 4.50. The first-order valence-electron chi connectivity index (χ1n) is 12.1. The summed E-state index contributed by atoms with van der Waals surface area (Å²) in [4.78, 5) is 28.6. The molecule has 0 saturated carbocycles. The van der Waals surface area contributed by atoms with Gasteiger partial charge in [-0.15, -0.1) is 0 Å². The molecule has 2 fully saturated rings. The Morgan fingerprint density at radius 3 is 1.38 bits per heavy atom. The van der Waals surface area contributed by atoms with E-state index in [1.54, 1.807) is 36.4 Å². The van der Waals surface area contributed by atoms with Crippen molar-refractivity contribution in [3.05, 3.63) is 59.7 Å². The van der Waals surface area contributed by atoms with Crippen molar-refractivity contribution in [2.24, 2.45) is 0 Å². The number of piperidine rings is 2. The lowest BCUT2D eigenvalue weighted by atomic mass is 9.99. The number of likely N-dealkylation sites (tertiary alicyclic amines) is 2. The summed E-state index contributed by atoms with van der Waals surface area (Å²) in [6.07, 6.45) is 12.8. The zero-order valence-electron chi connectivity index (χ0n) is 19.4. The Labute approximate surface area is 200 Å². The van der Waals surface area contributed by atoms with Crippen LogP contribution in [0.3, 0.4) is 0 Å². The highest BCUT2D eigenvalue weighted by atomic mass is 16.3. The first-order valence-corrected chi connectivity index (χ1v) is 12.1. The van der Waals surface area contributed by atoms with Crippen molar-refractivity contribution in [2.75, 3.05) is 26.2 Å². The average Bonchev–Trinajstić information content (AvgIpc) is 2.88. The van der Waals surface area contributed by atoms with Gasteiger partial charge in [-0.1, -0.05) is 12.1 Å². The Morgan fingerprint density at radius 1 is 0.618 bits per heavy atom. The maximum absolute atomic E-state index is 12.5. The van der Waals surface area contributed by atoms with E-state index in [4.69, 9.17) is 0 Å². The molecule has 0 atom stereocenters. The number of carbonyl (C=O) groups excluding carboxylic acids is 2. The third-order valence-corrected chi connectivity index (χ3v) is 6.53. The van der Waals surface area contributed by atoms with Crippen molar-refractivity contribution >= 4 is 24.0 Å². The topological polar surface area (TPSA) is 81.1 Å². The lowest BCUT2D eigenvalue weighted by Crippen LogP contribution is -2.34. The number of rotatable bonds is 5. The Balaban J connectivity index is 1.51. The molecule has 34 heavy (non-hydrogen) atoms. The molecule has 0 spiro atoms. The monoisotopic (exact) mass is 460 g/mol. The molecular weight excluding hydrogens is 428 g/mol. The van der Waals surface area contributed by atoms with Crippen molar-refractivity contribution < 1.29 is 19.8 Å². The van der Waals surface area contributed by atoms with Gasteiger partial charge in [-0.3, -0.25) is 9.59 Å². The second-order valence-corrected chi connectivity index (χ2v) is 8.99. The molecule has 2 aliphatic rings. The predicted octanol–water partition coefficient (Wildman–Crippen LogP) is 4.82. The van der Waals surface area contributed by atoms with E-state index in [-0.39, 0.29) is 23.3 Å². The van der Waals surface area contributed by atoms with Crippen molar-refractivity contribution in [3.8, 4) is 22.6 Å². The first kappa shape index (κ1) is 23.6. The predicted molar refractivity (Wildman–Crippen MR) is 134 cm³/mol. The summed E-state index contributed by atoms with van der Waals surface area (Å²) >= 11 is 0. The molecule has 0 aromatic heterocycles. The molecule has 0 aliphatic carbocycles. The van der Waals surface area contributed by atoms with Gasteiger partial charge in [0.2, 0.25) is 11.8 Å². The molecule has 2 saturated heterocycles. The van der Waals surface area contributed by atoms with Gasteiger partial charge in [-0.25, -0.2) is 0 Å². The van der Waals surface area contributed by atoms with Crippen LogP contribution in [-0.4, -0.2) is 58.0 Å². The number of amides is 2. The number of phenols is 2. The molecule has 2 aromatic rings. The summed E-state index contributed by atoms with van der Waals surface area (Å²) in [7, 11) is 0. The molecule has 178 valence electrons. The Morgan fingerprint density at radius 2 is 1.00 bits per heavy atom. The van der Waals surface area contributed by atoms with Crippen LogP contribution in [0, 0.1) is 0 Å². The standard InChI is InChI=1S/C28H32N2O4/c31-25-11-7-21(19-23(25)9-13-27(33)29-15-3-1-4-16-29)22-8-12-26(32)24(20-22)10-14-28(34)30-17-5-2-6-18-30/h7-14,19-20,31-32H,1-6,15-18H2/b13-9+,14-10+. The zero-order valence-corrected chi connectivity index (χ0v) is 19.4. The van der Waals surface area contributed by atoms with E-state index in [2.05, 4.69) is 0 Å². The lowest BCUT2D eigenvalue weighted by Gasteiger charge is -2.25. The fraction of sp³-hybridized carbons (Fsp3) is 0.357. The van der Waals surface area contributed by atoms with Gasteiger partial charge in [0.25, 0.3) is 0 Å². The largest absolute Gasteiger partial charge is 0.507 e. The molecule has 0 unspecified atom stereocenters. The van der Waals surface area contributed by atoms with E-state index in [1.165, 1.54) is 12.2 Å². The van der Waals surface area contributed by atoms with E-state index < -0.39 is 0 Å². The van der Waals surface area contributed by atoms with Gasteiger partial charge in [-0.2, -0.15) is 0 Å². The smallest absolute Gasteiger partial charge is 0.246 e. The highest BCUT2D eigenvalue weighted by Gasteiger charge is 2.15. The maximum Gasteiger partial charge on any atom is 0.246 e. The van der Waals surface area contributed by atoms with Crippen LogP contribution in [0.1, 0.15) is 49.7 Å². The number of phenolic OH excluding ortho intramolecular Hbond substituents is 2. The minimum atomic E-state index is -0.0417. The Bertz CT molecular complexity index is 1010. The molecule has 6 nitrogen and oxygen atoms in total. The van der Waals surface area contributed by atoms with E-state index >= 15 is 0 Å². The average molecular weight is 461 g/mol. The van der Waals surface area contributed by atoms with Crippen LogP contribution in [0.5, 0.6) is 11.5 Å². The summed E-state index contributed by atoms with van der Waals surface area (Å²) in [6.45, 7) is 3.11. The van der Waals surface area contributed by atoms with Gasteiger partial charge in [0.1, 0.15) is 11.5 Å². The number of nitrogens with zero attached hydrogens (tertiary/aromatic N) is 2. The van der Waals surface area contributed by atoms with Crippen LogP contribution < -0.4 is 0 Å². The molecule has 4 rings (SSSR count). The third kappa shape index (κ3) is 5.87. The first-order chi connectivity index (χ1) is 16.5. The normalized spacial score (nSPS) is 16.9. The molecular formula is C28H32N2O4. The SMILES string of the molecule is O=C(/C=C/c1cc(-c2ccc(O)c(/C=C/C(=O)N3CCCCC3)c2)ccc1O)N1CCCCC1. The molecule has 0 bridgehead atoms. The van der Waals surface area contributed by atoms with E-state index in [0.29, 0.717) is 11.1 Å². The van der Waals surface area contributed by atoms with Crippen molar-refractivity contribution in [1.82, 2.24) is 9.80 Å². The van der Waals surface area contributed by atoms with Crippen LogP contribution in [0.25, 0.3) is 23.3 Å². The second-order valence-electron chi connectivity index (χ2n) is 8.99. The molecule has 0 radical (unpaired) electrons. The summed E-state index contributed by atoms with van der Waals surface area (Å²) in [5.41, 5.74) is 2.77. The molecule has 2 aromatic carbocycles. The molecule has 6 heteroatoms. The summed E-state index contributed by atoms with van der Waals surface area (Å²) in [5, 5.41) is 20.6. The zero-order chi connectivity index (χ0) is 23.9. The van der Waals surface area contributed by atoms with Crippen LogP contribution in [0.2, 0.25) is 0 Å². The number of hydrogen-bond acceptors (Lipinski definition) is 4.